The van der Waals surface area contributed by atoms with Crippen LogP contribution in [0.3, 0.4) is 0 Å². The van der Waals surface area contributed by atoms with Gasteiger partial charge in [-0.15, -0.1) is 0 Å². The summed E-state index contributed by atoms with van der Waals surface area (Å²) in [6.07, 6.45) is 3.70. The second-order valence-electron chi connectivity index (χ2n) is 6.14. The summed E-state index contributed by atoms with van der Waals surface area (Å²) in [5.74, 6) is 0. The first-order valence-electron chi connectivity index (χ1n) is 6.97. The van der Waals surface area contributed by atoms with Gasteiger partial charge in [-0.25, -0.2) is 8.42 Å². The monoisotopic (exact) mass is 327 g/mol. The lowest BCUT2D eigenvalue weighted by molar-refractivity contribution is -0.0212. The molecule has 0 saturated carbocycles. The van der Waals surface area contributed by atoms with Crippen LogP contribution < -0.4 is 0 Å². The average molecular weight is 328 g/mol. The lowest BCUT2D eigenvalue weighted by atomic mass is 10.1. The van der Waals surface area contributed by atoms with E-state index in [4.69, 9.17) is 15.4 Å². The number of nitrogens with zero attached hydrogens (tertiary/aromatic N) is 1. The molecule has 1 fully saturated rings. The van der Waals surface area contributed by atoms with Gasteiger partial charge in [-0.2, -0.15) is 0 Å². The number of para-hydroxylation sites is 1. The molecule has 1 unspecified atom stereocenters. The van der Waals surface area contributed by atoms with E-state index in [0.29, 0.717) is 11.9 Å². The summed E-state index contributed by atoms with van der Waals surface area (Å²) >= 11 is 0. The van der Waals surface area contributed by atoms with Crippen LogP contribution in [0.15, 0.2) is 35.4 Å². The fourth-order valence-electron chi connectivity index (χ4n) is 2.98. The van der Waals surface area contributed by atoms with E-state index in [9.17, 15) is 8.42 Å². The molecule has 2 aromatic rings. The highest BCUT2D eigenvalue weighted by Gasteiger charge is 2.32. The molecular formula is C15H18ClNO3S. The molecule has 2 heterocycles. The zero-order chi connectivity index (χ0) is 15.3. The van der Waals surface area contributed by atoms with Gasteiger partial charge in [-0.3, -0.25) is 0 Å². The third kappa shape index (κ3) is 2.96. The molecule has 1 saturated heterocycles. The smallest absolute Gasteiger partial charge is 0.263 e. The molecule has 1 aromatic heterocycles. The summed E-state index contributed by atoms with van der Waals surface area (Å²) in [6, 6.07) is 7.39. The van der Waals surface area contributed by atoms with Crippen LogP contribution in [0.1, 0.15) is 26.7 Å². The van der Waals surface area contributed by atoms with Crippen molar-refractivity contribution < 1.29 is 13.2 Å². The van der Waals surface area contributed by atoms with Gasteiger partial charge < -0.3 is 9.30 Å². The van der Waals surface area contributed by atoms with Crippen molar-refractivity contribution in [3.8, 4) is 0 Å². The number of rotatable bonds is 3. The number of hydrogen-bond donors (Lipinski definition) is 0. The molecule has 0 radical (unpaired) electrons. The topological polar surface area (TPSA) is 48.3 Å². The summed E-state index contributed by atoms with van der Waals surface area (Å²) in [4.78, 5) is 0.164. The van der Waals surface area contributed by atoms with Gasteiger partial charge in [0.1, 0.15) is 4.90 Å². The van der Waals surface area contributed by atoms with Crippen LogP contribution in [0.5, 0.6) is 0 Å². The maximum Gasteiger partial charge on any atom is 0.263 e. The van der Waals surface area contributed by atoms with Crippen LogP contribution in [0.4, 0.5) is 0 Å². The van der Waals surface area contributed by atoms with Crippen molar-refractivity contribution in [2.45, 2.75) is 49.8 Å². The molecule has 1 atom stereocenters. The Labute approximate surface area is 129 Å². The van der Waals surface area contributed by atoms with E-state index in [2.05, 4.69) is 13.8 Å². The van der Waals surface area contributed by atoms with Crippen LogP contribution >= 0.6 is 10.7 Å². The fraction of sp³-hybridized carbons (Fsp3) is 0.467. The first kappa shape index (κ1) is 14.9. The van der Waals surface area contributed by atoms with E-state index in [1.54, 1.807) is 12.3 Å². The number of halogens is 1. The van der Waals surface area contributed by atoms with Gasteiger partial charge >= 0.3 is 0 Å². The van der Waals surface area contributed by atoms with Gasteiger partial charge in [-0.05, 0) is 32.8 Å². The SMILES string of the molecule is CC1(C)CCC(Cn2cc(S(=O)(=O)Cl)c3ccccc32)O1. The summed E-state index contributed by atoms with van der Waals surface area (Å²) in [7, 11) is 1.79. The van der Waals surface area contributed by atoms with Crippen LogP contribution in [-0.4, -0.2) is 24.7 Å². The third-order valence-electron chi connectivity index (χ3n) is 3.97. The molecule has 0 spiro atoms. The second-order valence-corrected chi connectivity index (χ2v) is 8.67. The molecule has 4 nitrogen and oxygen atoms in total. The van der Waals surface area contributed by atoms with Crippen molar-refractivity contribution in [1.82, 2.24) is 4.57 Å². The van der Waals surface area contributed by atoms with E-state index in [1.165, 1.54) is 0 Å². The highest BCUT2D eigenvalue weighted by molar-refractivity contribution is 8.14. The van der Waals surface area contributed by atoms with E-state index in [0.717, 1.165) is 18.4 Å². The minimum absolute atomic E-state index is 0.0988. The minimum atomic E-state index is -3.75. The Hall–Kier alpha value is -1.04. The molecule has 1 aromatic carbocycles. The number of aromatic nitrogens is 1. The van der Waals surface area contributed by atoms with Crippen LogP contribution in [-0.2, 0) is 20.3 Å². The Morgan fingerprint density at radius 1 is 1.38 bits per heavy atom. The van der Waals surface area contributed by atoms with E-state index in [-0.39, 0.29) is 16.6 Å². The second kappa shape index (κ2) is 5.00. The molecule has 1 aliphatic rings. The van der Waals surface area contributed by atoms with Gasteiger partial charge in [-0.1, -0.05) is 18.2 Å². The molecule has 3 rings (SSSR count). The van der Waals surface area contributed by atoms with Gasteiger partial charge in [0.15, 0.2) is 0 Å². The van der Waals surface area contributed by atoms with E-state index >= 15 is 0 Å². The molecule has 6 heteroatoms. The van der Waals surface area contributed by atoms with Crippen LogP contribution in [0.25, 0.3) is 10.9 Å². The van der Waals surface area contributed by atoms with E-state index in [1.807, 2.05) is 22.8 Å². The molecule has 0 bridgehead atoms. The third-order valence-corrected chi connectivity index (χ3v) is 5.32. The minimum Gasteiger partial charge on any atom is -0.370 e. The van der Waals surface area contributed by atoms with Crippen molar-refractivity contribution >= 4 is 30.6 Å². The highest BCUT2D eigenvalue weighted by Crippen LogP contribution is 2.33. The maximum atomic E-state index is 11.7. The molecule has 0 N–H and O–H groups in total. The Balaban J connectivity index is 2.00. The number of ether oxygens (including phenoxy) is 1. The van der Waals surface area contributed by atoms with Crippen LogP contribution in [0, 0.1) is 0 Å². The van der Waals surface area contributed by atoms with Gasteiger partial charge in [0.05, 0.1) is 11.7 Å². The van der Waals surface area contributed by atoms with Crippen molar-refractivity contribution in [2.75, 3.05) is 0 Å². The quantitative estimate of drug-likeness (QED) is 0.810. The van der Waals surface area contributed by atoms with Crippen molar-refractivity contribution in [2.24, 2.45) is 0 Å². The summed E-state index contributed by atoms with van der Waals surface area (Å²) in [5, 5.41) is 0.657. The van der Waals surface area contributed by atoms with Gasteiger partial charge in [0.2, 0.25) is 0 Å². The normalized spacial score (nSPS) is 22.0. The summed E-state index contributed by atoms with van der Waals surface area (Å²) < 4.78 is 31.4. The molecule has 21 heavy (non-hydrogen) atoms. The maximum absolute atomic E-state index is 11.7. The molecule has 114 valence electrons. The molecule has 0 amide bonds. The van der Waals surface area contributed by atoms with Crippen LogP contribution in [0.2, 0.25) is 0 Å². The summed E-state index contributed by atoms with van der Waals surface area (Å²) in [6.45, 7) is 4.79. The van der Waals surface area contributed by atoms with E-state index < -0.39 is 9.05 Å². The molecule has 0 aliphatic carbocycles. The lowest BCUT2D eigenvalue weighted by Gasteiger charge is -2.19. The fourth-order valence-corrected chi connectivity index (χ4v) is 4.04. The first-order valence-corrected chi connectivity index (χ1v) is 9.28. The van der Waals surface area contributed by atoms with Gasteiger partial charge in [0.25, 0.3) is 9.05 Å². The highest BCUT2D eigenvalue weighted by atomic mass is 35.7. The Morgan fingerprint density at radius 2 is 2.10 bits per heavy atom. The standard InChI is InChI=1S/C15H18ClNO3S/c1-15(2)8-7-11(20-15)9-17-10-14(21(16,18)19)12-5-3-4-6-13(12)17/h3-6,10-11H,7-9H2,1-2H3. The largest absolute Gasteiger partial charge is 0.370 e. The van der Waals surface area contributed by atoms with Crippen molar-refractivity contribution in [3.63, 3.8) is 0 Å². The number of hydrogen-bond acceptors (Lipinski definition) is 3. The zero-order valence-electron chi connectivity index (χ0n) is 12.0. The van der Waals surface area contributed by atoms with Crippen molar-refractivity contribution in [1.29, 1.82) is 0 Å². The Kier molecular flexibility index (Phi) is 3.55. The zero-order valence-corrected chi connectivity index (χ0v) is 13.6. The van der Waals surface area contributed by atoms with Gasteiger partial charge in [0, 0.05) is 34.3 Å². The number of fused-ring (bicyclic) bond motifs is 1. The molecular weight excluding hydrogens is 310 g/mol. The average Bonchev–Trinajstić information content (AvgIpc) is 2.91. The Bertz CT molecular complexity index is 779. The number of benzene rings is 1. The predicted molar refractivity (Wildman–Crippen MR) is 83.2 cm³/mol. The molecule has 1 aliphatic heterocycles. The van der Waals surface area contributed by atoms with Crippen molar-refractivity contribution in [3.05, 3.63) is 30.5 Å². The first-order chi connectivity index (χ1) is 9.76. The lowest BCUT2D eigenvalue weighted by Crippen LogP contribution is -2.22. The predicted octanol–water partition coefficient (Wildman–Crippen LogP) is 3.53. The Morgan fingerprint density at radius 3 is 2.71 bits per heavy atom. The summed E-state index contributed by atoms with van der Waals surface area (Å²) in [5.41, 5.74) is 0.764.